The molecule has 0 heterocycles. The van der Waals surface area contributed by atoms with Crippen LogP contribution in [0.1, 0.15) is 36.1 Å². The van der Waals surface area contributed by atoms with Crippen molar-refractivity contribution in [2.24, 2.45) is 0 Å². The molecule has 0 bridgehead atoms. The monoisotopic (exact) mass is 381 g/mol. The fraction of sp³-hybridized carbons (Fsp3) is 0.348. The number of aliphatic hydroxyl groups excluding tert-OH is 1. The molecule has 0 aromatic heterocycles. The molecule has 0 fully saturated rings. The minimum absolute atomic E-state index is 0.316. The molecule has 2 aromatic rings. The van der Waals surface area contributed by atoms with E-state index < -0.39 is 12.0 Å². The van der Waals surface area contributed by atoms with E-state index in [1.54, 1.807) is 19.2 Å². The van der Waals surface area contributed by atoms with Crippen LogP contribution in [0, 0.1) is 18.8 Å². The number of carbonyl (C=O) groups excluding carboxylic acids is 1. The number of carbonyl (C=O) groups is 1. The van der Waals surface area contributed by atoms with Gasteiger partial charge >= 0.3 is 0 Å². The lowest BCUT2D eigenvalue weighted by Crippen LogP contribution is -2.30. The fourth-order valence-corrected chi connectivity index (χ4v) is 2.60. The van der Waals surface area contributed by atoms with Gasteiger partial charge in [0.1, 0.15) is 6.61 Å². The summed E-state index contributed by atoms with van der Waals surface area (Å²) < 4.78 is 11.0. The van der Waals surface area contributed by atoms with E-state index in [1.165, 1.54) is 0 Å². The molecule has 2 rings (SSSR count). The minimum atomic E-state index is -1.17. The number of rotatable bonds is 8. The van der Waals surface area contributed by atoms with Gasteiger partial charge in [0, 0.05) is 13.0 Å². The van der Waals surface area contributed by atoms with E-state index >= 15 is 0 Å². The molecule has 0 aliphatic heterocycles. The van der Waals surface area contributed by atoms with Crippen molar-refractivity contribution in [1.29, 1.82) is 0 Å². The second-order valence-electron chi connectivity index (χ2n) is 6.34. The smallest absolute Gasteiger partial charge is 0.253 e. The van der Waals surface area contributed by atoms with Crippen LogP contribution in [0.2, 0.25) is 0 Å². The Morgan fingerprint density at radius 3 is 2.57 bits per heavy atom. The lowest BCUT2D eigenvalue weighted by molar-refractivity contribution is -0.129. The third-order valence-electron chi connectivity index (χ3n) is 4.18. The van der Waals surface area contributed by atoms with Gasteiger partial charge in [0.15, 0.2) is 17.6 Å². The summed E-state index contributed by atoms with van der Waals surface area (Å²) in [6, 6.07) is 12.9. The van der Waals surface area contributed by atoms with Crippen LogP contribution in [0.5, 0.6) is 11.5 Å². The second kappa shape index (κ2) is 11.0. The molecular formula is C23H27NO4. The summed E-state index contributed by atoms with van der Waals surface area (Å²) in [4.78, 5) is 12.1. The molecule has 5 heteroatoms. The van der Waals surface area contributed by atoms with Crippen LogP contribution in [0.25, 0.3) is 0 Å². The molecule has 5 nitrogen and oxygen atoms in total. The first-order chi connectivity index (χ1) is 13.5. The van der Waals surface area contributed by atoms with Gasteiger partial charge in [0.05, 0.1) is 7.11 Å². The van der Waals surface area contributed by atoms with Crippen molar-refractivity contribution in [1.82, 2.24) is 5.32 Å². The molecule has 2 aromatic carbocycles. The lowest BCUT2D eigenvalue weighted by atomic mass is 10.1. The predicted molar refractivity (Wildman–Crippen MR) is 109 cm³/mol. The van der Waals surface area contributed by atoms with Gasteiger partial charge in [-0.1, -0.05) is 48.7 Å². The molecule has 148 valence electrons. The van der Waals surface area contributed by atoms with Gasteiger partial charge in [0.25, 0.3) is 5.91 Å². The van der Waals surface area contributed by atoms with Crippen molar-refractivity contribution in [2.45, 2.75) is 32.8 Å². The Hall–Kier alpha value is -2.97. The third kappa shape index (κ3) is 6.33. The van der Waals surface area contributed by atoms with Crippen LogP contribution in [0.15, 0.2) is 42.5 Å². The first kappa shape index (κ1) is 21.3. The van der Waals surface area contributed by atoms with Crippen molar-refractivity contribution < 1.29 is 19.4 Å². The highest BCUT2D eigenvalue weighted by Crippen LogP contribution is 2.28. The third-order valence-corrected chi connectivity index (χ3v) is 4.18. The number of benzene rings is 2. The fourth-order valence-electron chi connectivity index (χ4n) is 2.60. The minimum Gasteiger partial charge on any atom is -0.493 e. The molecule has 1 amide bonds. The summed E-state index contributed by atoms with van der Waals surface area (Å²) in [5, 5.41) is 12.9. The van der Waals surface area contributed by atoms with Crippen molar-refractivity contribution in [3.63, 3.8) is 0 Å². The Kier molecular flexibility index (Phi) is 8.38. The highest BCUT2D eigenvalue weighted by molar-refractivity contribution is 5.81. The number of aryl methyl sites for hydroxylation is 1. The first-order valence-corrected chi connectivity index (χ1v) is 9.33. The van der Waals surface area contributed by atoms with Gasteiger partial charge in [-0.3, -0.25) is 4.79 Å². The maximum Gasteiger partial charge on any atom is 0.253 e. The number of hydrogen-bond acceptors (Lipinski definition) is 4. The van der Waals surface area contributed by atoms with Gasteiger partial charge in [-0.2, -0.15) is 0 Å². The highest BCUT2D eigenvalue weighted by atomic mass is 16.5. The second-order valence-corrected chi connectivity index (χ2v) is 6.34. The molecule has 2 N–H and O–H groups in total. The summed E-state index contributed by atoms with van der Waals surface area (Å²) in [5.41, 5.74) is 2.65. The van der Waals surface area contributed by atoms with Gasteiger partial charge in [-0.05, 0) is 36.6 Å². The average molecular weight is 381 g/mol. The van der Waals surface area contributed by atoms with Crippen molar-refractivity contribution in [3.8, 4) is 23.3 Å². The molecule has 28 heavy (non-hydrogen) atoms. The Labute approximate surface area is 166 Å². The van der Waals surface area contributed by atoms with E-state index in [1.807, 2.05) is 44.2 Å². The Bertz CT molecular complexity index is 834. The number of hydrogen-bond donors (Lipinski definition) is 2. The molecular weight excluding hydrogens is 354 g/mol. The number of ether oxygens (including phenoxy) is 2. The zero-order valence-electron chi connectivity index (χ0n) is 16.6. The summed E-state index contributed by atoms with van der Waals surface area (Å²) in [6.07, 6.45) is 0.234. The molecule has 1 unspecified atom stereocenters. The predicted octanol–water partition coefficient (Wildman–Crippen LogP) is 3.19. The van der Waals surface area contributed by atoms with Gasteiger partial charge < -0.3 is 19.9 Å². The van der Waals surface area contributed by atoms with Gasteiger partial charge in [-0.15, -0.1) is 5.92 Å². The Morgan fingerprint density at radius 2 is 1.89 bits per heavy atom. The molecule has 0 radical (unpaired) electrons. The normalized spacial score (nSPS) is 11.1. The van der Waals surface area contributed by atoms with E-state index in [-0.39, 0.29) is 0 Å². The summed E-state index contributed by atoms with van der Waals surface area (Å²) >= 11 is 0. The van der Waals surface area contributed by atoms with Crippen LogP contribution in [0.3, 0.4) is 0 Å². The Balaban J connectivity index is 1.87. The number of methoxy groups -OCH3 is 1. The maximum atomic E-state index is 12.1. The van der Waals surface area contributed by atoms with Crippen LogP contribution in [-0.2, 0) is 11.2 Å². The molecule has 0 spiro atoms. The van der Waals surface area contributed by atoms with E-state index in [4.69, 9.17) is 9.47 Å². The van der Waals surface area contributed by atoms with E-state index in [2.05, 4.69) is 17.2 Å². The van der Waals surface area contributed by atoms with Crippen molar-refractivity contribution in [2.75, 3.05) is 20.3 Å². The van der Waals surface area contributed by atoms with Crippen LogP contribution >= 0.6 is 0 Å². The van der Waals surface area contributed by atoms with E-state index in [0.29, 0.717) is 36.6 Å². The molecule has 0 saturated heterocycles. The molecule has 0 aliphatic carbocycles. The Morgan fingerprint density at radius 1 is 1.14 bits per heavy atom. The number of nitrogens with one attached hydrogen (secondary N) is 1. The van der Waals surface area contributed by atoms with Crippen molar-refractivity contribution in [3.05, 3.63) is 59.2 Å². The standard InChI is InChI=1S/C23H27NO4/c1-4-5-6-15-28-20-12-9-18(16-21(20)27-3)13-14-24-23(26)22(25)19-10-7-17(2)8-11-19/h7-12,16,22,25H,4,13-15H2,1-3H3,(H,24,26). The SMILES string of the molecule is CCC#CCOc1ccc(CCNC(=O)C(O)c2ccc(C)cc2)cc1OC. The summed E-state index contributed by atoms with van der Waals surface area (Å²) in [6.45, 7) is 4.67. The van der Waals surface area contributed by atoms with Crippen molar-refractivity contribution >= 4 is 5.91 Å². The van der Waals surface area contributed by atoms with Gasteiger partial charge in [-0.25, -0.2) is 0 Å². The van der Waals surface area contributed by atoms with E-state index in [0.717, 1.165) is 17.5 Å². The average Bonchev–Trinajstić information content (AvgIpc) is 2.71. The van der Waals surface area contributed by atoms with E-state index in [9.17, 15) is 9.90 Å². The van der Waals surface area contributed by atoms with Gasteiger partial charge in [0.2, 0.25) is 0 Å². The zero-order chi connectivity index (χ0) is 20.4. The maximum absolute atomic E-state index is 12.1. The summed E-state index contributed by atoms with van der Waals surface area (Å²) in [5.74, 6) is 6.73. The highest BCUT2D eigenvalue weighted by Gasteiger charge is 2.16. The molecule has 1 atom stereocenters. The quantitative estimate of drug-likeness (QED) is 0.689. The number of amides is 1. The van der Waals surface area contributed by atoms with Crippen LogP contribution in [0.4, 0.5) is 0 Å². The lowest BCUT2D eigenvalue weighted by Gasteiger charge is -2.13. The molecule has 0 saturated carbocycles. The van der Waals surface area contributed by atoms with Crippen LogP contribution in [-0.4, -0.2) is 31.3 Å². The van der Waals surface area contributed by atoms with Crippen LogP contribution < -0.4 is 14.8 Å². The largest absolute Gasteiger partial charge is 0.493 e. The first-order valence-electron chi connectivity index (χ1n) is 9.33. The number of aliphatic hydroxyl groups is 1. The summed E-state index contributed by atoms with van der Waals surface area (Å²) in [7, 11) is 1.59. The molecule has 0 aliphatic rings. The topological polar surface area (TPSA) is 67.8 Å². The zero-order valence-corrected chi connectivity index (χ0v) is 16.6.